The van der Waals surface area contributed by atoms with Gasteiger partial charge in [0.2, 0.25) is 0 Å². The summed E-state index contributed by atoms with van der Waals surface area (Å²) >= 11 is 5.95. The highest BCUT2D eigenvalue weighted by Gasteiger charge is 2.24. The molecule has 1 aromatic carbocycles. The van der Waals surface area contributed by atoms with Crippen LogP contribution in [0.25, 0.3) is 21.9 Å². The van der Waals surface area contributed by atoms with Crippen LogP contribution in [0.5, 0.6) is 5.75 Å². The van der Waals surface area contributed by atoms with Crippen LogP contribution in [0.4, 0.5) is 5.69 Å². The first kappa shape index (κ1) is 11.7. The molecule has 0 amide bonds. The number of nitrogens with one attached hydrogen (secondary N) is 1. The van der Waals surface area contributed by atoms with Crippen LogP contribution in [0.3, 0.4) is 0 Å². The van der Waals surface area contributed by atoms with Crippen molar-refractivity contribution in [1.29, 1.82) is 0 Å². The number of hydrogen-bond acceptors (Lipinski definition) is 5. The average molecular weight is 279 g/mol. The van der Waals surface area contributed by atoms with Crippen molar-refractivity contribution >= 4 is 39.2 Å². The first-order chi connectivity index (χ1) is 9.13. The molecule has 0 saturated carbocycles. The van der Waals surface area contributed by atoms with Gasteiger partial charge in [0, 0.05) is 0 Å². The lowest BCUT2D eigenvalue weighted by molar-refractivity contribution is -0.383. The molecule has 0 unspecified atom stereocenters. The van der Waals surface area contributed by atoms with E-state index in [1.165, 1.54) is 19.5 Å². The average Bonchev–Trinajstić information content (AvgIpc) is 2.77. The van der Waals surface area contributed by atoms with Crippen molar-refractivity contribution in [1.82, 2.24) is 15.0 Å². The van der Waals surface area contributed by atoms with Gasteiger partial charge in [0.25, 0.3) is 0 Å². The van der Waals surface area contributed by atoms with Crippen molar-refractivity contribution in [2.75, 3.05) is 7.11 Å². The summed E-state index contributed by atoms with van der Waals surface area (Å²) in [5.41, 5.74) is 1.29. The van der Waals surface area contributed by atoms with Crippen molar-refractivity contribution in [3.8, 4) is 5.75 Å². The predicted molar refractivity (Wildman–Crippen MR) is 69.6 cm³/mol. The molecule has 19 heavy (non-hydrogen) atoms. The Morgan fingerprint density at radius 3 is 2.89 bits per heavy atom. The Morgan fingerprint density at radius 1 is 1.42 bits per heavy atom. The standard InChI is InChI=1S/C11H7ClN4O3/c1-19-6-3-2-5-7(10(6)16(17)18)8-9(15-5)11(12)14-4-13-8/h2-4,15H,1H3. The molecule has 0 atom stereocenters. The smallest absolute Gasteiger partial charge is 0.322 e. The Hall–Kier alpha value is -2.41. The van der Waals surface area contributed by atoms with Crippen LogP contribution in [-0.4, -0.2) is 27.0 Å². The minimum Gasteiger partial charge on any atom is -0.490 e. The van der Waals surface area contributed by atoms with Gasteiger partial charge in [0.1, 0.15) is 22.7 Å². The van der Waals surface area contributed by atoms with Crippen LogP contribution >= 0.6 is 11.6 Å². The number of aromatic nitrogens is 3. The fraction of sp³-hybridized carbons (Fsp3) is 0.0909. The molecule has 3 rings (SSSR count). The monoisotopic (exact) mass is 278 g/mol. The SMILES string of the molecule is COc1ccc2[nH]c3c(Cl)ncnc3c2c1[N+](=O)[O-]. The van der Waals surface area contributed by atoms with Crippen LogP contribution in [-0.2, 0) is 0 Å². The van der Waals surface area contributed by atoms with Gasteiger partial charge < -0.3 is 9.72 Å². The number of H-pyrrole nitrogens is 1. The van der Waals surface area contributed by atoms with Gasteiger partial charge in [-0.3, -0.25) is 10.1 Å². The number of benzene rings is 1. The highest BCUT2D eigenvalue weighted by Crippen LogP contribution is 2.39. The molecule has 0 aliphatic heterocycles. The van der Waals surface area contributed by atoms with Crippen LogP contribution in [0, 0.1) is 10.1 Å². The van der Waals surface area contributed by atoms with E-state index in [1.54, 1.807) is 6.07 Å². The van der Waals surface area contributed by atoms with Crippen LogP contribution in [0.15, 0.2) is 18.5 Å². The molecule has 0 bridgehead atoms. The van der Waals surface area contributed by atoms with E-state index in [9.17, 15) is 10.1 Å². The Bertz CT molecular complexity index is 814. The number of hydrogen-bond donors (Lipinski definition) is 1. The van der Waals surface area contributed by atoms with Gasteiger partial charge in [0.15, 0.2) is 10.9 Å². The Morgan fingerprint density at radius 2 is 2.21 bits per heavy atom. The maximum Gasteiger partial charge on any atom is 0.322 e. The summed E-state index contributed by atoms with van der Waals surface area (Å²) in [6.45, 7) is 0. The Kier molecular flexibility index (Phi) is 2.49. The minimum absolute atomic E-state index is 0.138. The zero-order valence-electron chi connectivity index (χ0n) is 9.68. The van der Waals surface area contributed by atoms with E-state index < -0.39 is 4.92 Å². The first-order valence-corrected chi connectivity index (χ1v) is 5.64. The third kappa shape index (κ3) is 1.59. The summed E-state index contributed by atoms with van der Waals surface area (Å²) in [5, 5.41) is 11.8. The summed E-state index contributed by atoms with van der Waals surface area (Å²) in [6.07, 6.45) is 1.27. The Balaban J connectivity index is 2.57. The van der Waals surface area contributed by atoms with Gasteiger partial charge in [-0.2, -0.15) is 0 Å². The molecule has 96 valence electrons. The molecule has 0 saturated heterocycles. The number of aromatic amines is 1. The van der Waals surface area contributed by atoms with Crippen molar-refractivity contribution in [2.45, 2.75) is 0 Å². The van der Waals surface area contributed by atoms with E-state index in [4.69, 9.17) is 16.3 Å². The van der Waals surface area contributed by atoms with E-state index >= 15 is 0 Å². The molecule has 1 N–H and O–H groups in total. The lowest BCUT2D eigenvalue weighted by atomic mass is 10.2. The summed E-state index contributed by atoms with van der Waals surface area (Å²) in [7, 11) is 1.38. The lowest BCUT2D eigenvalue weighted by Crippen LogP contribution is -1.94. The van der Waals surface area contributed by atoms with E-state index in [-0.39, 0.29) is 16.6 Å². The minimum atomic E-state index is -0.496. The second-order valence-corrected chi connectivity index (χ2v) is 4.17. The molecule has 3 aromatic rings. The van der Waals surface area contributed by atoms with E-state index in [0.29, 0.717) is 21.9 Å². The van der Waals surface area contributed by atoms with Gasteiger partial charge >= 0.3 is 5.69 Å². The maximum absolute atomic E-state index is 11.3. The molecular formula is C11H7ClN4O3. The second kappa shape index (κ2) is 4.06. The molecular weight excluding hydrogens is 272 g/mol. The number of halogens is 1. The Labute approximate surface area is 111 Å². The largest absolute Gasteiger partial charge is 0.490 e. The van der Waals surface area contributed by atoms with Gasteiger partial charge in [-0.15, -0.1) is 0 Å². The topological polar surface area (TPSA) is 93.9 Å². The van der Waals surface area contributed by atoms with Gasteiger partial charge in [-0.25, -0.2) is 9.97 Å². The normalized spacial score (nSPS) is 11.1. The fourth-order valence-electron chi connectivity index (χ4n) is 2.06. The van der Waals surface area contributed by atoms with Crippen LogP contribution in [0.1, 0.15) is 0 Å². The molecule has 0 aliphatic rings. The first-order valence-electron chi connectivity index (χ1n) is 5.26. The zero-order chi connectivity index (χ0) is 13.6. The third-order valence-electron chi connectivity index (χ3n) is 2.84. The molecule has 0 aliphatic carbocycles. The number of nitrogens with zero attached hydrogens (tertiary/aromatic N) is 3. The van der Waals surface area contributed by atoms with Gasteiger partial charge in [-0.05, 0) is 12.1 Å². The molecule has 7 nitrogen and oxygen atoms in total. The third-order valence-corrected chi connectivity index (χ3v) is 3.13. The van der Waals surface area contributed by atoms with Crippen molar-refractivity contribution in [3.05, 3.63) is 33.7 Å². The van der Waals surface area contributed by atoms with Crippen LogP contribution in [0.2, 0.25) is 5.15 Å². The molecule has 0 fully saturated rings. The number of nitro benzene ring substituents is 1. The van der Waals surface area contributed by atoms with Crippen LogP contribution < -0.4 is 4.74 Å². The number of fused-ring (bicyclic) bond motifs is 3. The quantitative estimate of drug-likeness (QED) is 0.442. The molecule has 2 heterocycles. The van der Waals surface area contributed by atoms with E-state index in [1.807, 2.05) is 0 Å². The van der Waals surface area contributed by atoms with Gasteiger partial charge in [0.05, 0.1) is 17.5 Å². The predicted octanol–water partition coefficient (Wildman–Crippen LogP) is 2.68. The summed E-state index contributed by atoms with van der Waals surface area (Å²) in [4.78, 5) is 21.6. The molecule has 0 radical (unpaired) electrons. The summed E-state index contributed by atoms with van der Waals surface area (Å²) < 4.78 is 5.03. The fourth-order valence-corrected chi connectivity index (χ4v) is 2.24. The highest BCUT2D eigenvalue weighted by atomic mass is 35.5. The van der Waals surface area contributed by atoms with Crippen molar-refractivity contribution in [3.63, 3.8) is 0 Å². The number of methoxy groups -OCH3 is 1. The molecule has 2 aromatic heterocycles. The number of nitro groups is 1. The van der Waals surface area contributed by atoms with Gasteiger partial charge in [-0.1, -0.05) is 11.6 Å². The molecule has 8 heteroatoms. The number of rotatable bonds is 2. The van der Waals surface area contributed by atoms with Crippen molar-refractivity contribution < 1.29 is 9.66 Å². The second-order valence-electron chi connectivity index (χ2n) is 3.81. The lowest BCUT2D eigenvalue weighted by Gasteiger charge is -2.02. The molecule has 0 spiro atoms. The van der Waals surface area contributed by atoms with Crippen molar-refractivity contribution in [2.24, 2.45) is 0 Å². The maximum atomic E-state index is 11.3. The summed E-state index contributed by atoms with van der Waals surface area (Å²) in [5.74, 6) is 0.174. The zero-order valence-corrected chi connectivity index (χ0v) is 10.4. The van der Waals surface area contributed by atoms with E-state index in [2.05, 4.69) is 15.0 Å². The summed E-state index contributed by atoms with van der Waals surface area (Å²) in [6, 6.07) is 3.20. The number of ether oxygens (including phenoxy) is 1. The highest BCUT2D eigenvalue weighted by molar-refractivity contribution is 6.35. The van der Waals surface area contributed by atoms with E-state index in [0.717, 1.165) is 0 Å².